The molecule has 8 heteroatoms. The number of hydrogen-bond acceptors (Lipinski definition) is 4. The Bertz CT molecular complexity index is 439. The molecule has 1 saturated heterocycles. The molecule has 1 atom stereocenters. The van der Waals surface area contributed by atoms with E-state index in [1.807, 2.05) is 0 Å². The number of nitrogens with zero attached hydrogens (tertiary/aromatic N) is 2. The Balaban J connectivity index is 0.00000128. The predicted octanol–water partition coefficient (Wildman–Crippen LogP) is -0.518. The van der Waals surface area contributed by atoms with Crippen molar-refractivity contribution in [3.8, 4) is 0 Å². The first-order chi connectivity index (χ1) is 7.08. The van der Waals surface area contributed by atoms with Crippen LogP contribution in [-0.4, -0.2) is 37.3 Å². The third kappa shape index (κ3) is 2.94. The summed E-state index contributed by atoms with van der Waals surface area (Å²) in [5, 5.41) is 6.94. The molecule has 0 aliphatic carbocycles. The molecule has 16 heavy (non-hydrogen) atoms. The maximum Gasteiger partial charge on any atom is 0.243 e. The molecule has 2 N–H and O–H groups in total. The van der Waals surface area contributed by atoms with Gasteiger partial charge in [0.25, 0.3) is 0 Å². The van der Waals surface area contributed by atoms with Crippen LogP contribution in [0.1, 0.15) is 6.42 Å². The molecule has 2 rings (SSSR count). The van der Waals surface area contributed by atoms with Crippen LogP contribution in [0.25, 0.3) is 0 Å². The molecule has 1 aromatic rings. The average Bonchev–Trinajstić information content (AvgIpc) is 2.75. The summed E-state index contributed by atoms with van der Waals surface area (Å²) in [6.45, 7) is 1.56. The third-order valence-electron chi connectivity index (χ3n) is 2.37. The minimum absolute atomic E-state index is 0. The van der Waals surface area contributed by atoms with Gasteiger partial charge in [-0.3, -0.25) is 4.68 Å². The number of nitrogens with one attached hydrogen (secondary N) is 2. The van der Waals surface area contributed by atoms with Gasteiger partial charge in [-0.05, 0) is 13.0 Å². The zero-order valence-corrected chi connectivity index (χ0v) is 10.5. The van der Waals surface area contributed by atoms with Crippen LogP contribution in [0.2, 0.25) is 0 Å². The van der Waals surface area contributed by atoms with Crippen LogP contribution in [0, 0.1) is 0 Å². The highest BCUT2D eigenvalue weighted by molar-refractivity contribution is 7.89. The smallest absolute Gasteiger partial charge is 0.243 e. The maximum atomic E-state index is 11.8. The molecule has 1 aliphatic rings. The first-order valence-corrected chi connectivity index (χ1v) is 6.28. The van der Waals surface area contributed by atoms with Crippen LogP contribution in [0.4, 0.5) is 0 Å². The molecular formula is C8H15ClN4O2S. The van der Waals surface area contributed by atoms with E-state index in [1.54, 1.807) is 7.05 Å². The van der Waals surface area contributed by atoms with E-state index < -0.39 is 10.0 Å². The summed E-state index contributed by atoms with van der Waals surface area (Å²) in [5.74, 6) is 0. The predicted molar refractivity (Wildman–Crippen MR) is 62.1 cm³/mol. The van der Waals surface area contributed by atoms with Gasteiger partial charge in [-0.25, -0.2) is 13.1 Å². The number of aromatic nitrogens is 2. The topological polar surface area (TPSA) is 76.0 Å². The standard InChI is InChI=1S/C8H14N4O2S.ClH/c1-12-6-8(5-10-12)15(13,14)11-7-2-3-9-4-7;/h5-7,9,11H,2-4H2,1H3;1H. The van der Waals surface area contributed by atoms with Crippen LogP contribution in [0.3, 0.4) is 0 Å². The number of rotatable bonds is 3. The molecular weight excluding hydrogens is 252 g/mol. The molecule has 1 aromatic heterocycles. The second kappa shape index (κ2) is 5.13. The van der Waals surface area contributed by atoms with Crippen molar-refractivity contribution < 1.29 is 8.42 Å². The Morgan fingerprint density at radius 1 is 1.62 bits per heavy atom. The molecule has 0 amide bonds. The van der Waals surface area contributed by atoms with Gasteiger partial charge in [0.2, 0.25) is 10.0 Å². The van der Waals surface area contributed by atoms with Gasteiger partial charge in [0.05, 0.1) is 6.20 Å². The molecule has 0 spiro atoms. The van der Waals surface area contributed by atoms with Crippen molar-refractivity contribution >= 4 is 22.4 Å². The molecule has 92 valence electrons. The largest absolute Gasteiger partial charge is 0.315 e. The van der Waals surface area contributed by atoms with E-state index in [4.69, 9.17) is 0 Å². The van der Waals surface area contributed by atoms with E-state index in [0.29, 0.717) is 6.54 Å². The summed E-state index contributed by atoms with van der Waals surface area (Å²) in [6.07, 6.45) is 3.68. The van der Waals surface area contributed by atoms with E-state index in [9.17, 15) is 8.42 Å². The highest BCUT2D eigenvalue weighted by Crippen LogP contribution is 2.09. The highest BCUT2D eigenvalue weighted by atomic mass is 35.5. The van der Waals surface area contributed by atoms with Crippen LogP contribution in [0.5, 0.6) is 0 Å². The monoisotopic (exact) mass is 266 g/mol. The van der Waals surface area contributed by atoms with Crippen molar-refractivity contribution in [3.63, 3.8) is 0 Å². The summed E-state index contributed by atoms with van der Waals surface area (Å²) in [7, 11) is -1.71. The molecule has 0 bridgehead atoms. The third-order valence-corrected chi connectivity index (χ3v) is 3.85. The summed E-state index contributed by atoms with van der Waals surface area (Å²) in [6, 6.07) is -0.00444. The van der Waals surface area contributed by atoms with E-state index in [1.165, 1.54) is 17.1 Å². The lowest BCUT2D eigenvalue weighted by Crippen LogP contribution is -2.36. The van der Waals surface area contributed by atoms with Crippen LogP contribution < -0.4 is 10.0 Å². The van der Waals surface area contributed by atoms with Gasteiger partial charge in [0.1, 0.15) is 4.90 Å². The zero-order chi connectivity index (χ0) is 10.9. The van der Waals surface area contributed by atoms with Crippen molar-refractivity contribution in [1.82, 2.24) is 19.8 Å². The van der Waals surface area contributed by atoms with Crippen LogP contribution >= 0.6 is 12.4 Å². The van der Waals surface area contributed by atoms with Crippen molar-refractivity contribution in [2.75, 3.05) is 13.1 Å². The van der Waals surface area contributed by atoms with Gasteiger partial charge in [-0.2, -0.15) is 5.10 Å². The number of hydrogen-bond donors (Lipinski definition) is 2. The van der Waals surface area contributed by atoms with E-state index in [-0.39, 0.29) is 23.3 Å². The van der Waals surface area contributed by atoms with Gasteiger partial charge >= 0.3 is 0 Å². The molecule has 1 aliphatic heterocycles. The number of halogens is 1. The van der Waals surface area contributed by atoms with Crippen molar-refractivity contribution in [3.05, 3.63) is 12.4 Å². The normalized spacial score (nSPS) is 20.7. The minimum Gasteiger partial charge on any atom is -0.315 e. The Hall–Kier alpha value is -0.630. The fourth-order valence-electron chi connectivity index (χ4n) is 1.58. The summed E-state index contributed by atoms with van der Waals surface area (Å²) >= 11 is 0. The second-order valence-corrected chi connectivity index (χ2v) is 5.37. The van der Waals surface area contributed by atoms with E-state index >= 15 is 0 Å². The highest BCUT2D eigenvalue weighted by Gasteiger charge is 2.23. The second-order valence-electron chi connectivity index (χ2n) is 3.66. The quantitative estimate of drug-likeness (QED) is 0.772. The van der Waals surface area contributed by atoms with Crippen molar-refractivity contribution in [2.45, 2.75) is 17.4 Å². The van der Waals surface area contributed by atoms with Crippen molar-refractivity contribution in [2.24, 2.45) is 7.05 Å². The fraction of sp³-hybridized carbons (Fsp3) is 0.625. The maximum absolute atomic E-state index is 11.8. The van der Waals surface area contributed by atoms with Gasteiger partial charge in [-0.15, -0.1) is 12.4 Å². The Morgan fingerprint density at radius 2 is 2.38 bits per heavy atom. The molecule has 0 saturated carbocycles. The minimum atomic E-state index is -3.40. The number of aryl methyl sites for hydroxylation is 1. The Labute approximate surface area is 101 Å². The summed E-state index contributed by atoms with van der Waals surface area (Å²) in [5.41, 5.74) is 0. The van der Waals surface area contributed by atoms with E-state index in [2.05, 4.69) is 15.1 Å². The first kappa shape index (κ1) is 13.4. The lowest BCUT2D eigenvalue weighted by molar-refractivity contribution is 0.560. The lowest BCUT2D eigenvalue weighted by Gasteiger charge is -2.09. The van der Waals surface area contributed by atoms with Gasteiger partial charge in [-0.1, -0.05) is 0 Å². The van der Waals surface area contributed by atoms with Crippen LogP contribution in [0.15, 0.2) is 17.3 Å². The lowest BCUT2D eigenvalue weighted by atomic mass is 10.3. The molecule has 0 radical (unpaired) electrons. The summed E-state index contributed by atoms with van der Waals surface area (Å²) < 4.78 is 27.7. The van der Waals surface area contributed by atoms with Gasteiger partial charge in [0.15, 0.2) is 0 Å². The summed E-state index contributed by atoms with van der Waals surface area (Å²) in [4.78, 5) is 0.219. The Morgan fingerprint density at radius 3 is 2.88 bits per heavy atom. The van der Waals surface area contributed by atoms with Gasteiger partial charge in [0, 0.05) is 25.8 Å². The zero-order valence-electron chi connectivity index (χ0n) is 8.88. The Kier molecular flexibility index (Phi) is 4.31. The number of sulfonamides is 1. The van der Waals surface area contributed by atoms with Crippen molar-refractivity contribution in [1.29, 1.82) is 0 Å². The molecule has 2 heterocycles. The molecule has 1 fully saturated rings. The van der Waals surface area contributed by atoms with E-state index in [0.717, 1.165) is 13.0 Å². The van der Waals surface area contributed by atoms with Crippen LogP contribution in [-0.2, 0) is 17.1 Å². The molecule has 0 aromatic carbocycles. The molecule has 1 unspecified atom stereocenters. The molecule has 6 nitrogen and oxygen atoms in total. The van der Waals surface area contributed by atoms with Gasteiger partial charge < -0.3 is 5.32 Å². The average molecular weight is 267 g/mol. The fourth-order valence-corrected chi connectivity index (χ4v) is 2.83. The first-order valence-electron chi connectivity index (χ1n) is 4.79. The SMILES string of the molecule is Cl.Cn1cc(S(=O)(=O)NC2CCNC2)cn1.